The number of imide groups is 1. The van der Waals surface area contributed by atoms with Gasteiger partial charge in [-0.25, -0.2) is 9.69 Å². The number of aryl methyl sites for hydroxylation is 2. The lowest BCUT2D eigenvalue weighted by atomic mass is 9.99. The number of nitrogens with zero attached hydrogens (tertiary/aromatic N) is 3. The highest BCUT2D eigenvalue weighted by Crippen LogP contribution is 2.33. The molecular weight excluding hydrogens is 398 g/mol. The lowest BCUT2D eigenvalue weighted by Crippen LogP contribution is -2.55. The van der Waals surface area contributed by atoms with Gasteiger partial charge < -0.3 is 9.80 Å². The molecular formula is C19H24BrN3O3. The molecule has 2 aliphatic rings. The van der Waals surface area contributed by atoms with Crippen molar-refractivity contribution >= 4 is 39.5 Å². The highest BCUT2D eigenvalue weighted by molar-refractivity contribution is 9.10. The fourth-order valence-corrected chi connectivity index (χ4v) is 4.65. The number of hydrogen-bond acceptors (Lipinski definition) is 3. The third-order valence-corrected chi connectivity index (χ3v) is 5.47. The van der Waals surface area contributed by atoms with Crippen LogP contribution in [0.3, 0.4) is 0 Å². The van der Waals surface area contributed by atoms with Crippen molar-refractivity contribution in [3.63, 3.8) is 0 Å². The second-order valence-corrected chi connectivity index (χ2v) is 7.92. The first kappa shape index (κ1) is 18.9. The minimum absolute atomic E-state index is 0.0762. The fraction of sp³-hybridized carbons (Fsp3) is 0.526. The molecule has 2 heterocycles. The van der Waals surface area contributed by atoms with Gasteiger partial charge >= 0.3 is 6.03 Å². The second kappa shape index (κ2) is 7.39. The molecule has 0 radical (unpaired) electrons. The molecule has 0 bridgehead atoms. The zero-order chi connectivity index (χ0) is 19.0. The van der Waals surface area contributed by atoms with Gasteiger partial charge in [0.1, 0.15) is 12.6 Å². The van der Waals surface area contributed by atoms with E-state index in [1.165, 1.54) is 9.80 Å². The molecule has 1 atom stereocenters. The molecule has 26 heavy (non-hydrogen) atoms. The van der Waals surface area contributed by atoms with Crippen molar-refractivity contribution in [1.82, 2.24) is 9.80 Å². The zero-order valence-electron chi connectivity index (χ0n) is 15.4. The van der Waals surface area contributed by atoms with Gasteiger partial charge in [-0.1, -0.05) is 22.9 Å². The quantitative estimate of drug-likeness (QED) is 0.700. The molecule has 0 saturated carbocycles. The molecule has 2 saturated heterocycles. The van der Waals surface area contributed by atoms with E-state index in [1.54, 1.807) is 4.90 Å². The molecule has 0 unspecified atom stereocenters. The van der Waals surface area contributed by atoms with Crippen LogP contribution in [0.25, 0.3) is 0 Å². The van der Waals surface area contributed by atoms with Gasteiger partial charge in [0.25, 0.3) is 5.91 Å². The largest absolute Gasteiger partial charge is 0.327 e. The second-order valence-electron chi connectivity index (χ2n) is 7.00. The third-order valence-electron chi connectivity index (χ3n) is 5.01. The van der Waals surface area contributed by atoms with Crippen molar-refractivity contribution in [3.05, 3.63) is 27.7 Å². The Labute approximate surface area is 162 Å². The molecule has 2 aliphatic heterocycles. The Balaban J connectivity index is 1.89. The number of rotatable bonds is 4. The van der Waals surface area contributed by atoms with Gasteiger partial charge in [-0.3, -0.25) is 9.59 Å². The number of urea groups is 1. The third kappa shape index (κ3) is 3.24. The number of hydrogen-bond donors (Lipinski definition) is 0. The van der Waals surface area contributed by atoms with Crippen LogP contribution in [0.15, 0.2) is 16.6 Å². The Morgan fingerprint density at radius 2 is 1.81 bits per heavy atom. The first-order valence-electron chi connectivity index (χ1n) is 9.04. The Hall–Kier alpha value is -1.89. The van der Waals surface area contributed by atoms with Gasteiger partial charge in [0.2, 0.25) is 5.91 Å². The molecule has 0 N–H and O–H groups in total. The summed E-state index contributed by atoms with van der Waals surface area (Å²) >= 11 is 3.48. The predicted molar refractivity (Wildman–Crippen MR) is 103 cm³/mol. The molecule has 0 aliphatic carbocycles. The van der Waals surface area contributed by atoms with Crippen LogP contribution in [-0.2, 0) is 9.59 Å². The van der Waals surface area contributed by atoms with Gasteiger partial charge in [0.15, 0.2) is 0 Å². The maximum Gasteiger partial charge on any atom is 0.327 e. The summed E-state index contributed by atoms with van der Waals surface area (Å²) in [7, 11) is 0. The monoisotopic (exact) mass is 421 g/mol. The van der Waals surface area contributed by atoms with E-state index in [4.69, 9.17) is 0 Å². The van der Waals surface area contributed by atoms with Gasteiger partial charge in [-0.15, -0.1) is 0 Å². The molecule has 4 amide bonds. The van der Waals surface area contributed by atoms with E-state index >= 15 is 0 Å². The average Bonchev–Trinajstić information content (AvgIpc) is 2.83. The Morgan fingerprint density at radius 1 is 1.15 bits per heavy atom. The van der Waals surface area contributed by atoms with E-state index in [0.717, 1.165) is 34.1 Å². The standard InChI is InChI=1S/C19H24BrN3O3/c1-4-7-21-11-16(24)23(19(21)26)15-6-5-8-22(18(15)25)17-12(2)9-14(20)10-13(17)3/h9-10,15H,4-8,11H2,1-3H3/t15-/m1/s1. The van der Waals surface area contributed by atoms with E-state index in [-0.39, 0.29) is 24.4 Å². The van der Waals surface area contributed by atoms with Crippen molar-refractivity contribution in [3.8, 4) is 0 Å². The maximum absolute atomic E-state index is 13.2. The summed E-state index contributed by atoms with van der Waals surface area (Å²) in [6.45, 7) is 7.13. The number of carbonyl (C=O) groups is 3. The van der Waals surface area contributed by atoms with Crippen molar-refractivity contribution in [2.75, 3.05) is 24.5 Å². The summed E-state index contributed by atoms with van der Waals surface area (Å²) < 4.78 is 0.970. The number of piperidine rings is 1. The number of halogens is 1. The summed E-state index contributed by atoms with van der Waals surface area (Å²) in [4.78, 5) is 42.7. The first-order chi connectivity index (χ1) is 12.3. The lowest BCUT2D eigenvalue weighted by Gasteiger charge is -2.37. The predicted octanol–water partition coefficient (Wildman–Crippen LogP) is 3.24. The SMILES string of the molecule is CCCN1CC(=O)N([C@@H]2CCCN(c3c(C)cc(Br)cc3C)C2=O)C1=O. The van der Waals surface area contributed by atoms with Crippen LogP contribution in [0.2, 0.25) is 0 Å². The van der Waals surface area contributed by atoms with Crippen LogP contribution < -0.4 is 4.90 Å². The van der Waals surface area contributed by atoms with Crippen LogP contribution in [0.4, 0.5) is 10.5 Å². The van der Waals surface area contributed by atoms with Gasteiger partial charge in [-0.05, 0) is 56.4 Å². The lowest BCUT2D eigenvalue weighted by molar-refractivity contribution is -0.134. The summed E-state index contributed by atoms with van der Waals surface area (Å²) in [5.74, 6) is -0.433. The van der Waals surface area contributed by atoms with Crippen LogP contribution in [-0.4, -0.2) is 53.3 Å². The van der Waals surface area contributed by atoms with E-state index in [0.29, 0.717) is 19.5 Å². The summed E-state index contributed by atoms with van der Waals surface area (Å²) in [5.41, 5.74) is 2.88. The summed E-state index contributed by atoms with van der Waals surface area (Å²) in [6.07, 6.45) is 2.08. The minimum atomic E-state index is -0.701. The van der Waals surface area contributed by atoms with Gasteiger partial charge in [-0.2, -0.15) is 0 Å². The topological polar surface area (TPSA) is 60.9 Å². The van der Waals surface area contributed by atoms with E-state index < -0.39 is 6.04 Å². The maximum atomic E-state index is 13.2. The number of anilines is 1. The van der Waals surface area contributed by atoms with Crippen LogP contribution >= 0.6 is 15.9 Å². The molecule has 0 spiro atoms. The molecule has 2 fully saturated rings. The Bertz CT molecular complexity index is 741. The minimum Gasteiger partial charge on any atom is -0.315 e. The molecule has 6 nitrogen and oxygen atoms in total. The van der Waals surface area contributed by atoms with Gasteiger partial charge in [0, 0.05) is 23.2 Å². The Kier molecular flexibility index (Phi) is 5.37. The van der Waals surface area contributed by atoms with Crippen molar-refractivity contribution in [2.45, 2.75) is 46.1 Å². The van der Waals surface area contributed by atoms with Crippen LogP contribution in [0.1, 0.15) is 37.3 Å². The average molecular weight is 422 g/mol. The van der Waals surface area contributed by atoms with Crippen molar-refractivity contribution in [1.29, 1.82) is 0 Å². The number of amides is 4. The smallest absolute Gasteiger partial charge is 0.315 e. The summed E-state index contributed by atoms with van der Waals surface area (Å²) in [5, 5.41) is 0. The first-order valence-corrected chi connectivity index (χ1v) is 9.83. The summed E-state index contributed by atoms with van der Waals surface area (Å²) in [6, 6.07) is 2.93. The molecule has 1 aromatic carbocycles. The van der Waals surface area contributed by atoms with Crippen LogP contribution in [0, 0.1) is 13.8 Å². The molecule has 1 aromatic rings. The van der Waals surface area contributed by atoms with Gasteiger partial charge in [0.05, 0.1) is 0 Å². The van der Waals surface area contributed by atoms with Crippen molar-refractivity contribution < 1.29 is 14.4 Å². The van der Waals surface area contributed by atoms with Crippen LogP contribution in [0.5, 0.6) is 0 Å². The zero-order valence-corrected chi connectivity index (χ0v) is 17.0. The number of carbonyl (C=O) groups excluding carboxylic acids is 3. The molecule has 3 rings (SSSR count). The normalized spacial score (nSPS) is 21.2. The molecule has 140 valence electrons. The van der Waals surface area contributed by atoms with E-state index in [9.17, 15) is 14.4 Å². The number of benzene rings is 1. The highest BCUT2D eigenvalue weighted by atomic mass is 79.9. The molecule has 7 heteroatoms. The Morgan fingerprint density at radius 3 is 2.42 bits per heavy atom. The highest BCUT2D eigenvalue weighted by Gasteiger charge is 2.45. The molecule has 0 aromatic heterocycles. The van der Waals surface area contributed by atoms with E-state index in [2.05, 4.69) is 15.9 Å². The van der Waals surface area contributed by atoms with E-state index in [1.807, 2.05) is 32.9 Å². The van der Waals surface area contributed by atoms with Crippen molar-refractivity contribution in [2.24, 2.45) is 0 Å². The fourth-order valence-electron chi connectivity index (χ4n) is 3.96.